The Labute approximate surface area is 301 Å². The Bertz CT molecular complexity index is 1450. The van der Waals surface area contributed by atoms with E-state index in [2.05, 4.69) is 20.6 Å². The summed E-state index contributed by atoms with van der Waals surface area (Å²) in [6, 6.07) is 4.50. The number of carbonyl (C=O) groups is 2. The Morgan fingerprint density at radius 1 is 0.863 bits per heavy atom. The van der Waals surface area contributed by atoms with Gasteiger partial charge in [-0.1, -0.05) is 50.7 Å². The fourth-order valence-corrected chi connectivity index (χ4v) is 12.5. The SMILES string of the molecule is N[C@@H](Cc1ccc(O)cc1)C(=O)NC[C@@H](O)CP(=O)(CC1CCCCC1)O[C@H](CNC(=O)[C@@H](N)Cc1c[nH]cn1)CP(=O)(O)CC1CCCCC1. The van der Waals surface area contributed by atoms with Gasteiger partial charge >= 0.3 is 0 Å². The van der Waals surface area contributed by atoms with Gasteiger partial charge in [-0.2, -0.15) is 0 Å². The van der Waals surface area contributed by atoms with Crippen LogP contribution in [0.2, 0.25) is 0 Å². The Balaban J connectivity index is 1.44. The van der Waals surface area contributed by atoms with Crippen LogP contribution in [0.3, 0.4) is 0 Å². The van der Waals surface area contributed by atoms with Gasteiger partial charge in [0, 0.05) is 38.0 Å². The lowest BCUT2D eigenvalue weighted by Crippen LogP contribution is -2.46. The van der Waals surface area contributed by atoms with E-state index in [0.717, 1.165) is 69.8 Å². The number of carbonyl (C=O) groups excluding carboxylic acids is 2. The van der Waals surface area contributed by atoms with Crippen LogP contribution in [0.5, 0.6) is 5.75 Å². The Hall–Kier alpha value is -2.57. The third-order valence-electron chi connectivity index (χ3n) is 9.91. The lowest BCUT2D eigenvalue weighted by molar-refractivity contribution is -0.123. The molecule has 2 saturated carbocycles. The van der Waals surface area contributed by atoms with Crippen LogP contribution in [-0.4, -0.2) is 98.9 Å². The number of H-pyrrole nitrogens is 1. The number of phenolic OH excluding ortho intramolecular Hbond substituents is 1. The van der Waals surface area contributed by atoms with Crippen LogP contribution < -0.4 is 22.1 Å². The van der Waals surface area contributed by atoms with E-state index in [-0.39, 0.29) is 68.2 Å². The van der Waals surface area contributed by atoms with Crippen LogP contribution in [0, 0.1) is 11.8 Å². The smallest absolute Gasteiger partial charge is 0.237 e. The molecule has 286 valence electrons. The highest BCUT2D eigenvalue weighted by atomic mass is 31.2. The third-order valence-corrected chi connectivity index (χ3v) is 14.7. The predicted octanol–water partition coefficient (Wildman–Crippen LogP) is 3.24. The standard InChI is InChI=1S/C35H58N6O8P2/c36-32(15-25-11-13-29(42)14-12-25)34(44)39-18-30(43)22-51(48,21-27-9-5-2-6-10-27)49-31(23-50(46,47)20-26-7-3-1-4-8-26)19-40-35(45)33(37)16-28-17-38-24-41-28/h11-14,17,24,26-27,30-33,42-43H,1-10,15-16,18-23,36-37H2,(H,38,41)(H,39,44)(H,40,45)(H,46,47)/t30-,31-,32+,33+,51?/m1/s1. The number of amides is 2. The molecule has 0 spiro atoms. The van der Waals surface area contributed by atoms with Crippen LogP contribution in [0.15, 0.2) is 36.8 Å². The first kappa shape index (κ1) is 41.2. The molecular weight excluding hydrogens is 694 g/mol. The van der Waals surface area contributed by atoms with Gasteiger partial charge in [0.1, 0.15) is 5.75 Å². The fourth-order valence-electron chi connectivity index (χ4n) is 7.28. The molecule has 2 fully saturated rings. The van der Waals surface area contributed by atoms with Gasteiger partial charge in [-0.3, -0.25) is 18.7 Å². The van der Waals surface area contributed by atoms with Crippen LogP contribution in [0.1, 0.15) is 75.5 Å². The van der Waals surface area contributed by atoms with Crippen molar-refractivity contribution in [3.63, 3.8) is 0 Å². The number of hydrogen-bond donors (Lipinski definition) is 8. The molecule has 2 aromatic rings. The summed E-state index contributed by atoms with van der Waals surface area (Å²) in [6.07, 6.45) is 10.6. The number of aromatic hydroxyl groups is 1. The molecule has 6 atom stereocenters. The Morgan fingerprint density at radius 2 is 1.43 bits per heavy atom. The molecule has 0 saturated heterocycles. The van der Waals surface area contributed by atoms with E-state index in [1.165, 1.54) is 18.5 Å². The third kappa shape index (κ3) is 14.8. The lowest BCUT2D eigenvalue weighted by atomic mass is 9.91. The molecule has 2 unspecified atom stereocenters. The average Bonchev–Trinajstić information content (AvgIpc) is 3.60. The summed E-state index contributed by atoms with van der Waals surface area (Å²) in [5.74, 6) is -0.692. The second-order valence-electron chi connectivity index (χ2n) is 14.6. The topological polar surface area (TPSA) is 243 Å². The fraction of sp³-hybridized carbons (Fsp3) is 0.686. The van der Waals surface area contributed by atoms with Gasteiger partial charge in [0.2, 0.25) is 26.6 Å². The summed E-state index contributed by atoms with van der Waals surface area (Å²) >= 11 is 0. The maximum atomic E-state index is 14.8. The van der Waals surface area contributed by atoms with Crippen LogP contribution in [0.4, 0.5) is 0 Å². The number of rotatable bonds is 20. The molecule has 16 heteroatoms. The molecule has 1 aromatic carbocycles. The van der Waals surface area contributed by atoms with Crippen molar-refractivity contribution >= 4 is 26.6 Å². The largest absolute Gasteiger partial charge is 0.508 e. The normalized spacial score (nSPS) is 20.7. The Kier molecular flexibility index (Phi) is 16.2. The maximum absolute atomic E-state index is 14.8. The van der Waals surface area contributed by atoms with E-state index in [4.69, 9.17) is 16.0 Å². The van der Waals surface area contributed by atoms with Crippen LogP contribution in [-0.2, 0) is 36.1 Å². The molecule has 2 amide bonds. The molecular formula is C35H58N6O8P2. The number of nitrogens with two attached hydrogens (primary N) is 2. The van der Waals surface area contributed by atoms with Crippen LogP contribution in [0.25, 0.3) is 0 Å². The van der Waals surface area contributed by atoms with Gasteiger partial charge in [-0.25, -0.2) is 4.98 Å². The molecule has 1 heterocycles. The van der Waals surface area contributed by atoms with E-state index < -0.39 is 50.8 Å². The number of hydrogen-bond acceptors (Lipinski definition) is 10. The molecule has 1 aromatic heterocycles. The van der Waals surface area contributed by atoms with E-state index in [0.29, 0.717) is 5.69 Å². The van der Waals surface area contributed by atoms with Crippen molar-refractivity contribution < 1.29 is 38.3 Å². The molecule has 2 aliphatic carbocycles. The molecule has 10 N–H and O–H groups in total. The summed E-state index contributed by atoms with van der Waals surface area (Å²) < 4.78 is 34.8. The Morgan fingerprint density at radius 3 is 2.02 bits per heavy atom. The second kappa shape index (κ2) is 20.0. The zero-order valence-corrected chi connectivity index (χ0v) is 31.3. The molecule has 4 rings (SSSR count). The van der Waals surface area contributed by atoms with Crippen molar-refractivity contribution in [2.45, 2.75) is 101 Å². The number of nitrogens with zero attached hydrogens (tertiary/aromatic N) is 1. The maximum Gasteiger partial charge on any atom is 0.237 e. The van der Waals surface area contributed by atoms with Crippen molar-refractivity contribution in [3.05, 3.63) is 48.0 Å². The molecule has 51 heavy (non-hydrogen) atoms. The minimum Gasteiger partial charge on any atom is -0.508 e. The number of nitrogens with one attached hydrogen (secondary N) is 3. The zero-order valence-electron chi connectivity index (χ0n) is 29.5. The average molecular weight is 753 g/mol. The highest BCUT2D eigenvalue weighted by molar-refractivity contribution is 7.59. The van der Waals surface area contributed by atoms with E-state index in [9.17, 15) is 33.8 Å². The lowest BCUT2D eigenvalue weighted by Gasteiger charge is -2.32. The summed E-state index contributed by atoms with van der Waals surface area (Å²) in [4.78, 5) is 44.0. The van der Waals surface area contributed by atoms with Gasteiger partial charge in [0.15, 0.2) is 0 Å². The van der Waals surface area contributed by atoms with Gasteiger partial charge < -0.3 is 46.7 Å². The molecule has 2 aliphatic rings. The highest BCUT2D eigenvalue weighted by Gasteiger charge is 2.37. The number of aliphatic hydroxyl groups is 1. The monoisotopic (exact) mass is 752 g/mol. The molecule has 0 radical (unpaired) electrons. The number of benzene rings is 1. The van der Waals surface area contributed by atoms with Crippen molar-refractivity contribution in [1.29, 1.82) is 0 Å². The van der Waals surface area contributed by atoms with Crippen molar-refractivity contribution in [2.75, 3.05) is 37.7 Å². The quantitative estimate of drug-likeness (QED) is 0.0913. The first-order valence-corrected chi connectivity index (χ1v) is 22.4. The molecule has 14 nitrogen and oxygen atoms in total. The van der Waals surface area contributed by atoms with Crippen molar-refractivity contribution in [3.8, 4) is 5.75 Å². The molecule has 0 aliphatic heterocycles. The zero-order chi connectivity index (χ0) is 36.9. The number of phenols is 1. The number of aromatic nitrogens is 2. The van der Waals surface area contributed by atoms with E-state index in [1.54, 1.807) is 18.3 Å². The molecule has 0 bridgehead atoms. The van der Waals surface area contributed by atoms with Crippen molar-refractivity contribution in [1.82, 2.24) is 20.6 Å². The minimum atomic E-state index is -3.77. The first-order valence-electron chi connectivity index (χ1n) is 18.4. The second-order valence-corrected chi connectivity index (χ2v) is 19.6. The summed E-state index contributed by atoms with van der Waals surface area (Å²) in [6.45, 7) is -0.403. The van der Waals surface area contributed by atoms with Crippen LogP contribution >= 0.6 is 14.7 Å². The summed E-state index contributed by atoms with van der Waals surface area (Å²) in [5, 5.41) is 26.0. The summed E-state index contributed by atoms with van der Waals surface area (Å²) in [7, 11) is -7.46. The first-order chi connectivity index (χ1) is 24.3. The summed E-state index contributed by atoms with van der Waals surface area (Å²) in [5.41, 5.74) is 13.6. The van der Waals surface area contributed by atoms with Gasteiger partial charge in [-0.15, -0.1) is 0 Å². The van der Waals surface area contributed by atoms with E-state index in [1.807, 2.05) is 0 Å². The van der Waals surface area contributed by atoms with Crippen molar-refractivity contribution in [2.24, 2.45) is 23.3 Å². The van der Waals surface area contributed by atoms with Gasteiger partial charge in [0.05, 0.1) is 48.6 Å². The number of imidazole rings is 1. The predicted molar refractivity (Wildman–Crippen MR) is 197 cm³/mol. The van der Waals surface area contributed by atoms with Gasteiger partial charge in [0.25, 0.3) is 0 Å². The number of aliphatic hydroxyl groups excluding tert-OH is 1. The van der Waals surface area contributed by atoms with E-state index >= 15 is 0 Å². The van der Waals surface area contributed by atoms with Gasteiger partial charge in [-0.05, 0) is 61.6 Å². The highest BCUT2D eigenvalue weighted by Crippen LogP contribution is 2.54. The minimum absolute atomic E-state index is 0.0887. The number of aromatic amines is 1.